The van der Waals surface area contributed by atoms with E-state index in [1.54, 1.807) is 11.0 Å². The minimum absolute atomic E-state index is 0.0177. The third-order valence-corrected chi connectivity index (χ3v) is 7.15. The summed E-state index contributed by atoms with van der Waals surface area (Å²) < 4.78 is 2.82. The van der Waals surface area contributed by atoms with Gasteiger partial charge >= 0.3 is 0 Å². The molecule has 3 rings (SSSR count). The molecule has 2 aliphatic heterocycles. The number of rotatable bonds is 10. The summed E-state index contributed by atoms with van der Waals surface area (Å²) in [5, 5.41) is 3.27. The zero-order valence-electron chi connectivity index (χ0n) is 18.1. The molecule has 9 heteroatoms. The number of hydrogen-bond acceptors (Lipinski definition) is 5. The molecule has 0 aromatic heterocycles. The van der Waals surface area contributed by atoms with Crippen LogP contribution in [-0.4, -0.2) is 70.4 Å². The Bertz CT molecular complexity index is 691. The second kappa shape index (κ2) is 11.5. The Kier molecular flexibility index (Phi) is 8.80. The average molecular weight is 451 g/mol. The van der Waals surface area contributed by atoms with Gasteiger partial charge in [-0.15, -0.1) is 6.58 Å². The Balaban J connectivity index is 1.49. The van der Waals surface area contributed by atoms with Crippen molar-refractivity contribution in [3.8, 4) is 0 Å². The third kappa shape index (κ3) is 6.98. The lowest BCUT2D eigenvalue weighted by molar-refractivity contribution is -0.141. The van der Waals surface area contributed by atoms with Gasteiger partial charge < -0.3 is 15.1 Å². The standard InChI is InChI=1S/C22H34N4O4S/c1-2-7-17(21(29)24-31-16-9-10-16)23-22(30)18-8-6-15-26(18)20(28)12-11-19(27)25-13-4-3-5-14-25/h2,16-18H,1,3-15H2,(H,23,30)(H,24,29)/t17?,18-/m0/s1. The smallest absolute Gasteiger partial charge is 0.252 e. The molecule has 4 amide bonds. The number of carbonyl (C=O) groups is 4. The van der Waals surface area contributed by atoms with Crippen LogP contribution in [0.1, 0.15) is 64.2 Å². The van der Waals surface area contributed by atoms with Crippen molar-refractivity contribution in [2.75, 3.05) is 19.6 Å². The highest BCUT2D eigenvalue weighted by atomic mass is 32.2. The van der Waals surface area contributed by atoms with Gasteiger partial charge in [-0.3, -0.25) is 23.9 Å². The van der Waals surface area contributed by atoms with E-state index in [1.165, 1.54) is 11.9 Å². The van der Waals surface area contributed by atoms with E-state index >= 15 is 0 Å². The van der Waals surface area contributed by atoms with Gasteiger partial charge in [0.05, 0.1) is 0 Å². The van der Waals surface area contributed by atoms with Gasteiger partial charge in [0.1, 0.15) is 12.1 Å². The molecular formula is C22H34N4O4S. The summed E-state index contributed by atoms with van der Waals surface area (Å²) in [7, 11) is 0. The molecule has 2 N–H and O–H groups in total. The predicted octanol–water partition coefficient (Wildman–Crippen LogP) is 1.76. The first-order valence-electron chi connectivity index (χ1n) is 11.4. The fourth-order valence-corrected chi connectivity index (χ4v) is 4.86. The zero-order chi connectivity index (χ0) is 22.2. The summed E-state index contributed by atoms with van der Waals surface area (Å²) in [6, 6.07) is -1.29. The van der Waals surface area contributed by atoms with Gasteiger partial charge in [0.15, 0.2) is 0 Å². The maximum atomic E-state index is 12.9. The lowest BCUT2D eigenvalue weighted by atomic mass is 10.1. The van der Waals surface area contributed by atoms with Gasteiger partial charge in [-0.25, -0.2) is 0 Å². The molecule has 2 heterocycles. The molecule has 0 spiro atoms. The van der Waals surface area contributed by atoms with E-state index in [2.05, 4.69) is 16.6 Å². The van der Waals surface area contributed by atoms with Crippen LogP contribution in [0.3, 0.4) is 0 Å². The Hall–Kier alpha value is -2.03. The SMILES string of the molecule is C=CCC(NC(=O)[C@@H]1CCCN1C(=O)CCC(=O)N1CCCCC1)C(=O)NSC1CC1. The Morgan fingerprint density at radius 3 is 2.35 bits per heavy atom. The monoisotopic (exact) mass is 450 g/mol. The first kappa shape index (κ1) is 23.6. The van der Waals surface area contributed by atoms with Crippen LogP contribution in [0.2, 0.25) is 0 Å². The minimum atomic E-state index is -0.700. The highest BCUT2D eigenvalue weighted by Crippen LogP contribution is 2.31. The Morgan fingerprint density at radius 2 is 1.68 bits per heavy atom. The normalized spacial score (nSPS) is 22.0. The number of likely N-dealkylation sites (tertiary alicyclic amines) is 2. The first-order valence-corrected chi connectivity index (χ1v) is 12.3. The number of carbonyl (C=O) groups excluding carboxylic acids is 4. The molecule has 3 fully saturated rings. The first-order chi connectivity index (χ1) is 15.0. The molecule has 0 aromatic rings. The van der Waals surface area contributed by atoms with Gasteiger partial charge in [0.2, 0.25) is 17.7 Å². The molecule has 2 atom stereocenters. The molecular weight excluding hydrogens is 416 g/mol. The third-order valence-electron chi connectivity index (χ3n) is 6.02. The fraction of sp³-hybridized carbons (Fsp3) is 0.727. The van der Waals surface area contributed by atoms with E-state index in [-0.39, 0.29) is 36.5 Å². The zero-order valence-corrected chi connectivity index (χ0v) is 19.0. The van der Waals surface area contributed by atoms with E-state index < -0.39 is 12.1 Å². The van der Waals surface area contributed by atoms with Crippen molar-refractivity contribution in [3.05, 3.63) is 12.7 Å². The quantitative estimate of drug-likeness (QED) is 0.390. The average Bonchev–Trinajstić information content (AvgIpc) is 3.48. The fourth-order valence-electron chi connectivity index (χ4n) is 4.06. The highest BCUT2D eigenvalue weighted by Gasteiger charge is 2.36. The molecule has 0 bridgehead atoms. The highest BCUT2D eigenvalue weighted by molar-refractivity contribution is 7.98. The van der Waals surface area contributed by atoms with Crippen LogP contribution in [0.25, 0.3) is 0 Å². The van der Waals surface area contributed by atoms with Crippen LogP contribution >= 0.6 is 11.9 Å². The molecule has 1 saturated carbocycles. The van der Waals surface area contributed by atoms with Gasteiger partial charge in [-0.2, -0.15) is 0 Å². The number of hydrogen-bond donors (Lipinski definition) is 2. The molecule has 1 aliphatic carbocycles. The summed E-state index contributed by atoms with van der Waals surface area (Å²) in [5.41, 5.74) is 0. The van der Waals surface area contributed by atoms with Crippen LogP contribution in [0.5, 0.6) is 0 Å². The van der Waals surface area contributed by atoms with Crippen molar-refractivity contribution in [3.63, 3.8) is 0 Å². The van der Waals surface area contributed by atoms with Gasteiger partial charge in [-0.05, 0) is 63.3 Å². The summed E-state index contributed by atoms with van der Waals surface area (Å²) in [5.74, 6) is -0.707. The van der Waals surface area contributed by atoms with Crippen LogP contribution in [0, 0.1) is 0 Å². The van der Waals surface area contributed by atoms with Crippen molar-refractivity contribution in [2.24, 2.45) is 0 Å². The maximum absolute atomic E-state index is 12.9. The summed E-state index contributed by atoms with van der Waals surface area (Å²) in [6.07, 6.45) is 8.93. The second-order valence-corrected chi connectivity index (χ2v) is 9.66. The Morgan fingerprint density at radius 1 is 0.968 bits per heavy atom. The number of piperidine rings is 1. The van der Waals surface area contributed by atoms with Gasteiger partial charge in [0, 0.05) is 37.7 Å². The van der Waals surface area contributed by atoms with E-state index in [1.807, 2.05) is 4.90 Å². The molecule has 3 aliphatic rings. The van der Waals surface area contributed by atoms with Crippen LogP contribution < -0.4 is 10.0 Å². The van der Waals surface area contributed by atoms with E-state index in [0.29, 0.717) is 24.6 Å². The molecule has 8 nitrogen and oxygen atoms in total. The number of amides is 4. The molecule has 31 heavy (non-hydrogen) atoms. The minimum Gasteiger partial charge on any atom is -0.343 e. The van der Waals surface area contributed by atoms with Gasteiger partial charge in [0.25, 0.3) is 5.91 Å². The largest absolute Gasteiger partial charge is 0.343 e. The lowest BCUT2D eigenvalue weighted by Gasteiger charge is -2.28. The number of nitrogens with zero attached hydrogens (tertiary/aromatic N) is 2. The molecule has 0 radical (unpaired) electrons. The van der Waals surface area contributed by atoms with Crippen LogP contribution in [0.4, 0.5) is 0 Å². The summed E-state index contributed by atoms with van der Waals surface area (Å²) in [6.45, 7) is 5.73. The molecule has 1 unspecified atom stereocenters. The van der Waals surface area contributed by atoms with E-state index in [0.717, 1.165) is 51.6 Å². The van der Waals surface area contributed by atoms with Crippen LogP contribution in [-0.2, 0) is 19.2 Å². The van der Waals surface area contributed by atoms with Crippen molar-refractivity contribution in [1.29, 1.82) is 0 Å². The van der Waals surface area contributed by atoms with Crippen molar-refractivity contribution >= 4 is 35.6 Å². The van der Waals surface area contributed by atoms with E-state index in [4.69, 9.17) is 0 Å². The topological polar surface area (TPSA) is 98.8 Å². The molecule has 2 saturated heterocycles. The Labute approximate surface area is 188 Å². The van der Waals surface area contributed by atoms with Gasteiger partial charge in [-0.1, -0.05) is 6.08 Å². The van der Waals surface area contributed by atoms with Crippen molar-refractivity contribution < 1.29 is 19.2 Å². The van der Waals surface area contributed by atoms with E-state index in [9.17, 15) is 19.2 Å². The molecule has 172 valence electrons. The lowest BCUT2D eigenvalue weighted by Crippen LogP contribution is -2.52. The summed E-state index contributed by atoms with van der Waals surface area (Å²) in [4.78, 5) is 53.8. The number of nitrogens with one attached hydrogen (secondary N) is 2. The second-order valence-electron chi connectivity index (χ2n) is 8.56. The van der Waals surface area contributed by atoms with Crippen molar-refractivity contribution in [1.82, 2.24) is 19.8 Å². The predicted molar refractivity (Wildman–Crippen MR) is 120 cm³/mol. The van der Waals surface area contributed by atoms with Crippen molar-refractivity contribution in [2.45, 2.75) is 81.5 Å². The summed E-state index contributed by atoms with van der Waals surface area (Å²) >= 11 is 1.40. The van der Waals surface area contributed by atoms with Crippen LogP contribution in [0.15, 0.2) is 12.7 Å². The molecule has 0 aromatic carbocycles. The maximum Gasteiger partial charge on any atom is 0.252 e.